The molecule has 4 nitrogen and oxygen atoms in total. The third-order valence-corrected chi connectivity index (χ3v) is 3.31. The summed E-state index contributed by atoms with van der Waals surface area (Å²) in [5.41, 5.74) is 0.489. The standard InChI is InChI=1S/C10H18N2O2/c1-11-6-10(7-11)3-4-12(8-10)5-9(13)14-2/h3-8H2,1-2H3. The van der Waals surface area contributed by atoms with Gasteiger partial charge in [-0.15, -0.1) is 0 Å². The van der Waals surface area contributed by atoms with Crippen LogP contribution in [0.15, 0.2) is 0 Å². The van der Waals surface area contributed by atoms with E-state index in [0.717, 1.165) is 13.1 Å². The molecule has 0 aliphatic carbocycles. The summed E-state index contributed by atoms with van der Waals surface area (Å²) in [5.74, 6) is -0.116. The highest BCUT2D eigenvalue weighted by Gasteiger charge is 2.46. The van der Waals surface area contributed by atoms with Crippen LogP contribution >= 0.6 is 0 Å². The monoisotopic (exact) mass is 198 g/mol. The molecule has 0 aromatic heterocycles. The molecule has 0 radical (unpaired) electrons. The second-order valence-electron chi connectivity index (χ2n) is 4.71. The fourth-order valence-corrected chi connectivity index (χ4v) is 2.77. The summed E-state index contributed by atoms with van der Waals surface area (Å²) in [4.78, 5) is 15.6. The second kappa shape index (κ2) is 3.51. The zero-order valence-corrected chi connectivity index (χ0v) is 8.95. The number of nitrogens with zero attached hydrogens (tertiary/aromatic N) is 2. The Morgan fingerprint density at radius 1 is 1.43 bits per heavy atom. The first-order valence-corrected chi connectivity index (χ1v) is 5.11. The Bertz CT molecular complexity index is 236. The number of carbonyl (C=O) groups is 1. The molecule has 0 saturated carbocycles. The number of likely N-dealkylation sites (tertiary alicyclic amines) is 2. The zero-order chi connectivity index (χ0) is 10.2. The van der Waals surface area contributed by atoms with Gasteiger partial charge in [0.25, 0.3) is 0 Å². The van der Waals surface area contributed by atoms with Gasteiger partial charge in [-0.2, -0.15) is 0 Å². The van der Waals surface area contributed by atoms with Gasteiger partial charge in [-0.3, -0.25) is 9.69 Å². The van der Waals surface area contributed by atoms with E-state index in [1.165, 1.54) is 26.6 Å². The third kappa shape index (κ3) is 1.77. The maximum atomic E-state index is 11.1. The lowest BCUT2D eigenvalue weighted by molar-refractivity contribution is -0.141. The number of esters is 1. The number of ether oxygens (including phenoxy) is 1. The van der Waals surface area contributed by atoms with Crippen LogP contribution in [0.25, 0.3) is 0 Å². The number of rotatable bonds is 2. The van der Waals surface area contributed by atoms with E-state index < -0.39 is 0 Å². The van der Waals surface area contributed by atoms with E-state index in [4.69, 9.17) is 0 Å². The summed E-state index contributed by atoms with van der Waals surface area (Å²) in [6.07, 6.45) is 1.23. The first kappa shape index (κ1) is 9.93. The van der Waals surface area contributed by atoms with Crippen LogP contribution in [0.2, 0.25) is 0 Å². The van der Waals surface area contributed by atoms with Gasteiger partial charge in [-0.1, -0.05) is 0 Å². The maximum absolute atomic E-state index is 11.1. The van der Waals surface area contributed by atoms with E-state index in [1.54, 1.807) is 0 Å². The van der Waals surface area contributed by atoms with Crippen LogP contribution in [0.5, 0.6) is 0 Å². The van der Waals surface area contributed by atoms with Crippen molar-refractivity contribution < 1.29 is 9.53 Å². The summed E-state index contributed by atoms with van der Waals surface area (Å²) < 4.78 is 4.66. The predicted molar refractivity (Wildman–Crippen MR) is 53.0 cm³/mol. The molecule has 0 unspecified atom stereocenters. The smallest absolute Gasteiger partial charge is 0.319 e. The summed E-state index contributed by atoms with van der Waals surface area (Å²) in [5, 5.41) is 0. The largest absolute Gasteiger partial charge is 0.468 e. The molecule has 2 aliphatic rings. The SMILES string of the molecule is COC(=O)CN1CCC2(CN(C)C2)C1. The quantitative estimate of drug-likeness (QED) is 0.575. The van der Waals surface area contributed by atoms with Crippen molar-refractivity contribution in [3.05, 3.63) is 0 Å². The molecule has 2 heterocycles. The molecule has 80 valence electrons. The van der Waals surface area contributed by atoms with E-state index in [2.05, 4.69) is 21.6 Å². The number of hydrogen-bond acceptors (Lipinski definition) is 4. The Labute approximate surface area is 84.8 Å². The van der Waals surface area contributed by atoms with Gasteiger partial charge in [-0.25, -0.2) is 0 Å². The van der Waals surface area contributed by atoms with Crippen LogP contribution in [0.1, 0.15) is 6.42 Å². The van der Waals surface area contributed by atoms with Gasteiger partial charge in [0.1, 0.15) is 0 Å². The van der Waals surface area contributed by atoms with Gasteiger partial charge in [0.05, 0.1) is 13.7 Å². The van der Waals surface area contributed by atoms with Crippen LogP contribution in [0.3, 0.4) is 0 Å². The maximum Gasteiger partial charge on any atom is 0.319 e. The summed E-state index contributed by atoms with van der Waals surface area (Å²) in [6.45, 7) is 4.94. The highest BCUT2D eigenvalue weighted by molar-refractivity contribution is 5.71. The average Bonchev–Trinajstić information content (AvgIpc) is 2.48. The van der Waals surface area contributed by atoms with E-state index in [1.807, 2.05) is 0 Å². The minimum Gasteiger partial charge on any atom is -0.468 e. The van der Waals surface area contributed by atoms with Crippen molar-refractivity contribution >= 4 is 5.97 Å². The van der Waals surface area contributed by atoms with Crippen molar-refractivity contribution in [2.45, 2.75) is 6.42 Å². The minimum absolute atomic E-state index is 0.116. The van der Waals surface area contributed by atoms with Crippen molar-refractivity contribution in [1.29, 1.82) is 0 Å². The molecule has 2 rings (SSSR count). The average molecular weight is 198 g/mol. The first-order valence-electron chi connectivity index (χ1n) is 5.11. The molecule has 2 fully saturated rings. The van der Waals surface area contributed by atoms with Gasteiger partial charge >= 0.3 is 5.97 Å². The molecule has 0 aromatic carbocycles. The molecular weight excluding hydrogens is 180 g/mol. The molecular formula is C10H18N2O2. The zero-order valence-electron chi connectivity index (χ0n) is 8.95. The first-order chi connectivity index (χ1) is 6.63. The Balaban J connectivity index is 1.80. The van der Waals surface area contributed by atoms with Crippen LogP contribution in [-0.4, -0.2) is 62.7 Å². The molecule has 0 amide bonds. The van der Waals surface area contributed by atoms with Crippen molar-refractivity contribution in [3.8, 4) is 0 Å². The topological polar surface area (TPSA) is 32.8 Å². The van der Waals surface area contributed by atoms with Crippen LogP contribution in [0, 0.1) is 5.41 Å². The molecule has 4 heteroatoms. The molecule has 0 bridgehead atoms. The fourth-order valence-electron chi connectivity index (χ4n) is 2.77. The normalized spacial score (nSPS) is 26.4. The Morgan fingerprint density at radius 3 is 2.71 bits per heavy atom. The molecule has 2 aliphatic heterocycles. The van der Waals surface area contributed by atoms with E-state index >= 15 is 0 Å². The van der Waals surface area contributed by atoms with Crippen LogP contribution in [0.4, 0.5) is 0 Å². The third-order valence-electron chi connectivity index (χ3n) is 3.31. The molecule has 14 heavy (non-hydrogen) atoms. The Morgan fingerprint density at radius 2 is 2.14 bits per heavy atom. The van der Waals surface area contributed by atoms with E-state index in [-0.39, 0.29) is 5.97 Å². The van der Waals surface area contributed by atoms with Crippen molar-refractivity contribution in [2.75, 3.05) is 46.9 Å². The highest BCUT2D eigenvalue weighted by atomic mass is 16.5. The molecule has 0 N–H and O–H groups in total. The summed E-state index contributed by atoms with van der Waals surface area (Å²) in [7, 11) is 3.60. The predicted octanol–water partition coefficient (Wildman–Crippen LogP) is -0.203. The molecule has 0 aromatic rings. The van der Waals surface area contributed by atoms with Crippen molar-refractivity contribution in [3.63, 3.8) is 0 Å². The van der Waals surface area contributed by atoms with Crippen LogP contribution in [-0.2, 0) is 9.53 Å². The Kier molecular flexibility index (Phi) is 2.49. The van der Waals surface area contributed by atoms with Gasteiger partial charge in [0.15, 0.2) is 0 Å². The number of carbonyl (C=O) groups excluding carboxylic acids is 1. The second-order valence-corrected chi connectivity index (χ2v) is 4.71. The van der Waals surface area contributed by atoms with Gasteiger partial charge in [0, 0.05) is 25.0 Å². The Hall–Kier alpha value is -0.610. The number of methoxy groups -OCH3 is 1. The van der Waals surface area contributed by atoms with Crippen molar-refractivity contribution in [1.82, 2.24) is 9.80 Å². The summed E-state index contributed by atoms with van der Waals surface area (Å²) in [6, 6.07) is 0. The van der Waals surface area contributed by atoms with E-state index in [9.17, 15) is 4.79 Å². The van der Waals surface area contributed by atoms with Gasteiger partial charge in [-0.05, 0) is 20.0 Å². The molecule has 1 spiro atoms. The lowest BCUT2D eigenvalue weighted by Crippen LogP contribution is -2.55. The lowest BCUT2D eigenvalue weighted by Gasteiger charge is -2.46. The molecule has 0 atom stereocenters. The number of hydrogen-bond donors (Lipinski definition) is 0. The summed E-state index contributed by atoms with van der Waals surface area (Å²) >= 11 is 0. The van der Waals surface area contributed by atoms with Gasteiger partial charge in [0.2, 0.25) is 0 Å². The van der Waals surface area contributed by atoms with Crippen molar-refractivity contribution in [2.24, 2.45) is 5.41 Å². The van der Waals surface area contributed by atoms with E-state index in [0.29, 0.717) is 12.0 Å². The molecule has 2 saturated heterocycles. The lowest BCUT2D eigenvalue weighted by atomic mass is 9.79. The van der Waals surface area contributed by atoms with Crippen LogP contribution < -0.4 is 0 Å². The highest BCUT2D eigenvalue weighted by Crippen LogP contribution is 2.38. The van der Waals surface area contributed by atoms with Gasteiger partial charge < -0.3 is 9.64 Å². The minimum atomic E-state index is -0.116. The fraction of sp³-hybridized carbons (Fsp3) is 0.900.